The van der Waals surface area contributed by atoms with Crippen molar-refractivity contribution in [1.82, 2.24) is 10.2 Å². The number of amides is 2. The topological polar surface area (TPSA) is 86.8 Å². The first-order chi connectivity index (χ1) is 17.4. The van der Waals surface area contributed by atoms with Gasteiger partial charge in [0.05, 0.1) is 11.9 Å². The molecule has 7 nitrogen and oxygen atoms in total. The van der Waals surface area contributed by atoms with Crippen LogP contribution in [-0.4, -0.2) is 50.0 Å². The third-order valence-corrected chi connectivity index (χ3v) is 8.15. The number of anilines is 1. The predicted molar refractivity (Wildman–Crippen MR) is 152 cm³/mol. The third-order valence-electron chi connectivity index (χ3n) is 6.25. The van der Waals surface area contributed by atoms with Gasteiger partial charge in [0.15, 0.2) is 0 Å². The van der Waals surface area contributed by atoms with Crippen molar-refractivity contribution in [3.8, 4) is 0 Å². The first-order valence-electron chi connectivity index (χ1n) is 12.5. The summed E-state index contributed by atoms with van der Waals surface area (Å²) in [5.74, 6) is -0.523. The largest absolute Gasteiger partial charge is 0.352 e. The quantitative estimate of drug-likeness (QED) is 0.341. The maximum Gasteiger partial charge on any atom is 0.243 e. The van der Waals surface area contributed by atoms with E-state index in [1.807, 2.05) is 39.8 Å². The van der Waals surface area contributed by atoms with Gasteiger partial charge in [-0.05, 0) is 57.4 Å². The van der Waals surface area contributed by atoms with Crippen LogP contribution in [0.3, 0.4) is 0 Å². The molecule has 2 aromatic carbocycles. The molecule has 0 aliphatic rings. The van der Waals surface area contributed by atoms with Gasteiger partial charge in [-0.1, -0.05) is 60.8 Å². The van der Waals surface area contributed by atoms with E-state index in [-0.39, 0.29) is 43.8 Å². The van der Waals surface area contributed by atoms with Crippen molar-refractivity contribution in [1.29, 1.82) is 0 Å². The summed E-state index contributed by atoms with van der Waals surface area (Å²) in [7, 11) is -3.55. The van der Waals surface area contributed by atoms with E-state index < -0.39 is 16.1 Å². The zero-order valence-corrected chi connectivity index (χ0v) is 24.5. The van der Waals surface area contributed by atoms with E-state index in [0.29, 0.717) is 27.7 Å². The van der Waals surface area contributed by atoms with Crippen molar-refractivity contribution >= 4 is 50.7 Å². The molecule has 0 aliphatic heterocycles. The van der Waals surface area contributed by atoms with Gasteiger partial charge in [-0.25, -0.2) is 8.42 Å². The second-order valence-electron chi connectivity index (χ2n) is 9.24. The maximum absolute atomic E-state index is 13.5. The molecule has 0 unspecified atom stereocenters. The number of sulfonamides is 1. The highest BCUT2D eigenvalue weighted by Gasteiger charge is 2.30. The minimum atomic E-state index is -3.55. The molecule has 204 valence electrons. The highest BCUT2D eigenvalue weighted by Crippen LogP contribution is 2.27. The molecule has 0 heterocycles. The van der Waals surface area contributed by atoms with Crippen molar-refractivity contribution in [3.63, 3.8) is 0 Å². The summed E-state index contributed by atoms with van der Waals surface area (Å²) in [5, 5.41) is 3.78. The summed E-state index contributed by atoms with van der Waals surface area (Å²) in [5.41, 5.74) is 2.12. The van der Waals surface area contributed by atoms with Crippen molar-refractivity contribution < 1.29 is 18.0 Å². The van der Waals surface area contributed by atoms with Crippen LogP contribution >= 0.6 is 23.2 Å². The molecule has 2 atom stereocenters. The Morgan fingerprint density at radius 3 is 2.11 bits per heavy atom. The average molecular weight is 571 g/mol. The van der Waals surface area contributed by atoms with Gasteiger partial charge in [0, 0.05) is 41.2 Å². The Morgan fingerprint density at radius 2 is 1.59 bits per heavy atom. The van der Waals surface area contributed by atoms with Crippen molar-refractivity contribution in [2.24, 2.45) is 0 Å². The molecule has 0 radical (unpaired) electrons. The van der Waals surface area contributed by atoms with Gasteiger partial charge >= 0.3 is 0 Å². The van der Waals surface area contributed by atoms with Gasteiger partial charge in [0.25, 0.3) is 0 Å². The Bertz CT molecular complexity index is 1150. The Kier molecular flexibility index (Phi) is 11.7. The Hall–Kier alpha value is -2.29. The molecule has 0 spiro atoms. The normalized spacial score (nSPS) is 13.1. The Balaban J connectivity index is 2.27. The van der Waals surface area contributed by atoms with Crippen molar-refractivity contribution in [3.05, 3.63) is 63.6 Å². The second kappa shape index (κ2) is 14.0. The molecule has 37 heavy (non-hydrogen) atoms. The minimum Gasteiger partial charge on any atom is -0.352 e. The van der Waals surface area contributed by atoms with Crippen LogP contribution in [0.25, 0.3) is 0 Å². The fraction of sp³-hybridized carbons (Fsp3) is 0.481. The fourth-order valence-electron chi connectivity index (χ4n) is 3.93. The van der Waals surface area contributed by atoms with Gasteiger partial charge in [-0.15, -0.1) is 0 Å². The summed E-state index contributed by atoms with van der Waals surface area (Å²) < 4.78 is 26.2. The summed E-state index contributed by atoms with van der Waals surface area (Å²) in [6.45, 7) is 7.85. The van der Waals surface area contributed by atoms with Crippen LogP contribution < -0.4 is 9.62 Å². The van der Waals surface area contributed by atoms with E-state index in [2.05, 4.69) is 5.32 Å². The first kappa shape index (κ1) is 30.9. The monoisotopic (exact) mass is 569 g/mol. The molecule has 2 aromatic rings. The average Bonchev–Trinajstić information content (AvgIpc) is 2.83. The molecule has 2 rings (SSSR count). The molecular weight excluding hydrogens is 533 g/mol. The summed E-state index contributed by atoms with van der Waals surface area (Å²) in [6, 6.07) is 11.5. The molecule has 0 aliphatic carbocycles. The van der Waals surface area contributed by atoms with E-state index >= 15 is 0 Å². The Morgan fingerprint density at radius 1 is 1.00 bits per heavy atom. The lowest BCUT2D eigenvalue weighted by atomic mass is 10.1. The fourth-order valence-corrected chi connectivity index (χ4v) is 5.41. The minimum absolute atomic E-state index is 0.0415. The number of rotatable bonds is 13. The number of halogens is 2. The molecular formula is C27H37Cl2N3O4S. The smallest absolute Gasteiger partial charge is 0.243 e. The van der Waals surface area contributed by atoms with Crippen LogP contribution in [0.2, 0.25) is 10.0 Å². The highest BCUT2D eigenvalue weighted by atomic mass is 35.5. The zero-order valence-electron chi connectivity index (χ0n) is 22.1. The molecule has 0 fully saturated rings. The van der Waals surface area contributed by atoms with Gasteiger partial charge in [-0.2, -0.15) is 0 Å². The van der Waals surface area contributed by atoms with Crippen LogP contribution in [0.4, 0.5) is 5.69 Å². The Labute approximate surface area is 231 Å². The number of nitrogens with one attached hydrogen (secondary N) is 1. The molecule has 2 amide bonds. The van der Waals surface area contributed by atoms with E-state index in [9.17, 15) is 18.0 Å². The van der Waals surface area contributed by atoms with E-state index in [0.717, 1.165) is 18.2 Å². The van der Waals surface area contributed by atoms with Gasteiger partial charge in [-0.3, -0.25) is 13.9 Å². The third kappa shape index (κ3) is 8.90. The number of aryl methyl sites for hydroxylation is 1. The lowest BCUT2D eigenvalue weighted by Crippen LogP contribution is -2.50. The number of hydrogen-bond acceptors (Lipinski definition) is 4. The SMILES string of the molecule is CC[C@@H](C)NC(=O)[C@H](CC)N(Cc1c(Cl)cccc1Cl)C(=O)CCCN(c1ccc(C)cc1)S(C)(=O)=O. The molecule has 0 saturated carbocycles. The molecule has 0 bridgehead atoms. The van der Waals surface area contributed by atoms with E-state index in [1.54, 1.807) is 30.3 Å². The van der Waals surface area contributed by atoms with Gasteiger partial charge in [0.1, 0.15) is 6.04 Å². The van der Waals surface area contributed by atoms with Crippen molar-refractivity contribution in [2.45, 2.75) is 72.0 Å². The number of hydrogen-bond donors (Lipinski definition) is 1. The van der Waals surface area contributed by atoms with Crippen molar-refractivity contribution in [2.75, 3.05) is 17.1 Å². The van der Waals surface area contributed by atoms with Crippen LogP contribution in [-0.2, 0) is 26.2 Å². The molecule has 0 saturated heterocycles. The van der Waals surface area contributed by atoms with Gasteiger partial charge < -0.3 is 10.2 Å². The molecule has 0 aromatic heterocycles. The number of benzene rings is 2. The van der Waals surface area contributed by atoms with Crippen LogP contribution in [0, 0.1) is 6.92 Å². The first-order valence-corrected chi connectivity index (χ1v) is 15.1. The van der Waals surface area contributed by atoms with Crippen LogP contribution in [0.15, 0.2) is 42.5 Å². The van der Waals surface area contributed by atoms with Gasteiger partial charge in [0.2, 0.25) is 21.8 Å². The maximum atomic E-state index is 13.5. The van der Waals surface area contributed by atoms with E-state index in [1.165, 1.54) is 9.21 Å². The standard InChI is InChI=1S/C27H37Cl2N3O4S/c1-6-20(4)30-27(34)25(7-2)31(18-22-23(28)10-8-11-24(22)29)26(33)12-9-17-32(37(5,35)36)21-15-13-19(3)14-16-21/h8,10-11,13-16,20,25H,6-7,9,12,17-18H2,1-5H3,(H,30,34)/t20-,25+/m1/s1. The zero-order chi connectivity index (χ0) is 27.8. The summed E-state index contributed by atoms with van der Waals surface area (Å²) in [6.07, 6.45) is 2.62. The highest BCUT2D eigenvalue weighted by molar-refractivity contribution is 7.92. The van der Waals surface area contributed by atoms with E-state index in [4.69, 9.17) is 23.2 Å². The molecule has 10 heteroatoms. The summed E-state index contributed by atoms with van der Waals surface area (Å²) >= 11 is 12.8. The van der Waals surface area contributed by atoms with Crippen LogP contribution in [0.5, 0.6) is 0 Å². The predicted octanol–water partition coefficient (Wildman–Crippen LogP) is 5.57. The number of carbonyl (C=O) groups excluding carboxylic acids is 2. The lowest BCUT2D eigenvalue weighted by molar-refractivity contribution is -0.141. The number of carbonyl (C=O) groups is 2. The van der Waals surface area contributed by atoms with Crippen LogP contribution in [0.1, 0.15) is 57.6 Å². The number of nitrogens with zero attached hydrogens (tertiary/aromatic N) is 2. The second-order valence-corrected chi connectivity index (χ2v) is 12.0. The summed E-state index contributed by atoms with van der Waals surface area (Å²) in [4.78, 5) is 28.2. The lowest BCUT2D eigenvalue weighted by Gasteiger charge is -2.32. The molecule has 1 N–H and O–H groups in total.